The standard InChI is InChI=1S/C23H35N3O2/c1-16-11-17(2)14-26(13-16)23(3,4)15-24-21(27)10-9-19-12-18-7-5-6-8-20(18)25-22(19)28/h5-8,16-17,19H,9-15H2,1-4H3,(H,24,27)(H,25,28). The van der Waals surface area contributed by atoms with Gasteiger partial charge in [0.15, 0.2) is 0 Å². The molecule has 3 rings (SSSR count). The molecular formula is C23H35N3O2. The molecule has 2 aliphatic rings. The van der Waals surface area contributed by atoms with Gasteiger partial charge in [-0.3, -0.25) is 14.5 Å². The largest absolute Gasteiger partial charge is 0.354 e. The summed E-state index contributed by atoms with van der Waals surface area (Å²) in [6, 6.07) is 7.90. The van der Waals surface area contributed by atoms with Crippen molar-refractivity contribution in [2.45, 2.75) is 58.9 Å². The Morgan fingerprint density at radius 2 is 1.89 bits per heavy atom. The number of hydrogen-bond acceptors (Lipinski definition) is 3. The Hall–Kier alpha value is -1.88. The molecule has 1 saturated heterocycles. The first-order chi connectivity index (χ1) is 13.2. The van der Waals surface area contributed by atoms with E-state index in [0.717, 1.165) is 24.3 Å². The molecule has 0 aromatic heterocycles. The number of hydrogen-bond donors (Lipinski definition) is 2. The monoisotopic (exact) mass is 385 g/mol. The van der Waals surface area contributed by atoms with Crippen LogP contribution in [0.5, 0.6) is 0 Å². The number of carbonyl (C=O) groups is 2. The molecule has 2 N–H and O–H groups in total. The Morgan fingerprint density at radius 3 is 2.61 bits per heavy atom. The summed E-state index contributed by atoms with van der Waals surface area (Å²) in [7, 11) is 0. The Morgan fingerprint density at radius 1 is 1.21 bits per heavy atom. The van der Waals surface area contributed by atoms with Gasteiger partial charge in [0.2, 0.25) is 11.8 Å². The fraction of sp³-hybridized carbons (Fsp3) is 0.652. The number of likely N-dealkylation sites (tertiary alicyclic amines) is 1. The lowest BCUT2D eigenvalue weighted by atomic mass is 9.88. The van der Waals surface area contributed by atoms with Gasteiger partial charge in [0.25, 0.3) is 0 Å². The lowest BCUT2D eigenvalue weighted by molar-refractivity contribution is -0.123. The minimum atomic E-state index is -0.127. The average Bonchev–Trinajstić information content (AvgIpc) is 2.64. The van der Waals surface area contributed by atoms with Gasteiger partial charge in [-0.15, -0.1) is 0 Å². The first-order valence-electron chi connectivity index (χ1n) is 10.6. The zero-order valence-corrected chi connectivity index (χ0v) is 17.8. The third kappa shape index (κ3) is 5.13. The third-order valence-corrected chi connectivity index (χ3v) is 6.28. The molecule has 5 nitrogen and oxygen atoms in total. The van der Waals surface area contributed by atoms with Gasteiger partial charge in [0.05, 0.1) is 0 Å². The highest BCUT2D eigenvalue weighted by atomic mass is 16.2. The molecule has 28 heavy (non-hydrogen) atoms. The van der Waals surface area contributed by atoms with Crippen LogP contribution in [0.2, 0.25) is 0 Å². The van der Waals surface area contributed by atoms with Crippen LogP contribution in [0.1, 0.15) is 52.5 Å². The van der Waals surface area contributed by atoms with Crippen molar-refractivity contribution >= 4 is 17.5 Å². The number of rotatable bonds is 6. The van der Waals surface area contributed by atoms with Crippen molar-refractivity contribution < 1.29 is 9.59 Å². The Balaban J connectivity index is 1.46. The Kier molecular flexibility index (Phi) is 6.43. The van der Waals surface area contributed by atoms with Gasteiger partial charge in [-0.05, 0) is 56.6 Å². The van der Waals surface area contributed by atoms with E-state index in [2.05, 4.69) is 43.2 Å². The number of carbonyl (C=O) groups excluding carboxylic acids is 2. The van der Waals surface area contributed by atoms with Gasteiger partial charge in [0, 0.05) is 43.2 Å². The summed E-state index contributed by atoms with van der Waals surface area (Å²) in [4.78, 5) is 27.3. The van der Waals surface area contributed by atoms with Gasteiger partial charge in [-0.25, -0.2) is 0 Å². The molecule has 2 heterocycles. The second kappa shape index (κ2) is 8.64. The highest BCUT2D eigenvalue weighted by Crippen LogP contribution is 2.28. The highest BCUT2D eigenvalue weighted by molar-refractivity contribution is 5.96. The second-order valence-corrected chi connectivity index (χ2v) is 9.53. The van der Waals surface area contributed by atoms with E-state index in [9.17, 15) is 9.59 Å². The summed E-state index contributed by atoms with van der Waals surface area (Å²) < 4.78 is 0. The van der Waals surface area contributed by atoms with Crippen molar-refractivity contribution in [1.29, 1.82) is 0 Å². The number of benzene rings is 1. The number of nitrogens with zero attached hydrogens (tertiary/aromatic N) is 1. The van der Waals surface area contributed by atoms with Crippen LogP contribution in [0, 0.1) is 17.8 Å². The van der Waals surface area contributed by atoms with Crippen LogP contribution in [0.3, 0.4) is 0 Å². The summed E-state index contributed by atoms with van der Waals surface area (Å²) in [6.07, 6.45) is 2.98. The maximum absolute atomic E-state index is 12.4. The zero-order valence-electron chi connectivity index (χ0n) is 17.8. The smallest absolute Gasteiger partial charge is 0.227 e. The van der Waals surface area contributed by atoms with E-state index in [0.29, 0.717) is 37.6 Å². The third-order valence-electron chi connectivity index (χ3n) is 6.28. The second-order valence-electron chi connectivity index (χ2n) is 9.53. The lowest BCUT2D eigenvalue weighted by Gasteiger charge is -2.45. The molecule has 2 amide bonds. The molecule has 3 unspecified atom stereocenters. The minimum Gasteiger partial charge on any atom is -0.354 e. The van der Waals surface area contributed by atoms with Crippen LogP contribution in [-0.2, 0) is 16.0 Å². The zero-order chi connectivity index (χ0) is 20.3. The maximum Gasteiger partial charge on any atom is 0.227 e. The number of para-hydroxylation sites is 1. The van der Waals surface area contributed by atoms with Crippen LogP contribution < -0.4 is 10.6 Å². The van der Waals surface area contributed by atoms with Gasteiger partial charge in [0.1, 0.15) is 0 Å². The van der Waals surface area contributed by atoms with Crippen molar-refractivity contribution in [1.82, 2.24) is 10.2 Å². The quantitative estimate of drug-likeness (QED) is 0.788. The molecule has 2 aliphatic heterocycles. The first kappa shape index (κ1) is 20.8. The molecule has 0 aliphatic carbocycles. The molecule has 3 atom stereocenters. The van der Waals surface area contributed by atoms with Crippen LogP contribution in [0.25, 0.3) is 0 Å². The maximum atomic E-state index is 12.4. The van der Waals surface area contributed by atoms with Gasteiger partial charge >= 0.3 is 0 Å². The number of amides is 2. The Bertz CT molecular complexity index is 706. The predicted molar refractivity (Wildman–Crippen MR) is 113 cm³/mol. The summed E-state index contributed by atoms with van der Waals surface area (Å²) in [5.74, 6) is 1.34. The summed E-state index contributed by atoms with van der Waals surface area (Å²) >= 11 is 0. The van der Waals surface area contributed by atoms with Crippen molar-refractivity contribution in [2.24, 2.45) is 17.8 Å². The van der Waals surface area contributed by atoms with Gasteiger partial charge in [-0.1, -0.05) is 32.0 Å². The number of fused-ring (bicyclic) bond motifs is 1. The topological polar surface area (TPSA) is 61.4 Å². The van der Waals surface area contributed by atoms with E-state index < -0.39 is 0 Å². The van der Waals surface area contributed by atoms with E-state index in [1.165, 1.54) is 6.42 Å². The number of piperidine rings is 1. The lowest BCUT2D eigenvalue weighted by Crippen LogP contribution is -2.56. The average molecular weight is 386 g/mol. The fourth-order valence-corrected chi connectivity index (χ4v) is 4.62. The van der Waals surface area contributed by atoms with E-state index >= 15 is 0 Å². The van der Waals surface area contributed by atoms with E-state index in [-0.39, 0.29) is 23.3 Å². The molecule has 0 radical (unpaired) electrons. The number of anilines is 1. The molecule has 154 valence electrons. The molecule has 0 spiro atoms. The van der Waals surface area contributed by atoms with E-state index in [1.807, 2.05) is 24.3 Å². The molecule has 0 saturated carbocycles. The van der Waals surface area contributed by atoms with Crippen molar-refractivity contribution in [3.63, 3.8) is 0 Å². The minimum absolute atomic E-state index is 0.0307. The van der Waals surface area contributed by atoms with Crippen molar-refractivity contribution in [3.8, 4) is 0 Å². The molecule has 5 heteroatoms. The van der Waals surface area contributed by atoms with Crippen LogP contribution >= 0.6 is 0 Å². The Labute approximate surface area is 169 Å². The first-order valence-corrected chi connectivity index (χ1v) is 10.6. The molecule has 1 aromatic carbocycles. The SMILES string of the molecule is CC1CC(C)CN(C(C)(C)CNC(=O)CCC2Cc3ccccc3NC2=O)C1. The highest BCUT2D eigenvalue weighted by Gasteiger charge is 2.33. The van der Waals surface area contributed by atoms with E-state index in [4.69, 9.17) is 0 Å². The molecule has 1 aromatic rings. The normalized spacial score (nSPS) is 25.7. The summed E-state index contributed by atoms with van der Waals surface area (Å²) in [5.41, 5.74) is 2.00. The fourth-order valence-electron chi connectivity index (χ4n) is 4.62. The summed E-state index contributed by atoms with van der Waals surface area (Å²) in [5, 5.41) is 6.08. The van der Waals surface area contributed by atoms with Crippen LogP contribution in [-0.4, -0.2) is 41.9 Å². The molecular weight excluding hydrogens is 350 g/mol. The van der Waals surface area contributed by atoms with Crippen LogP contribution in [0.4, 0.5) is 5.69 Å². The van der Waals surface area contributed by atoms with Crippen LogP contribution in [0.15, 0.2) is 24.3 Å². The number of nitrogens with one attached hydrogen (secondary N) is 2. The van der Waals surface area contributed by atoms with Gasteiger partial charge in [-0.2, -0.15) is 0 Å². The summed E-state index contributed by atoms with van der Waals surface area (Å²) in [6.45, 7) is 11.9. The molecule has 0 bridgehead atoms. The van der Waals surface area contributed by atoms with E-state index in [1.54, 1.807) is 0 Å². The molecule has 1 fully saturated rings. The van der Waals surface area contributed by atoms with Crippen molar-refractivity contribution in [3.05, 3.63) is 29.8 Å². The van der Waals surface area contributed by atoms with Crippen molar-refractivity contribution in [2.75, 3.05) is 25.0 Å². The van der Waals surface area contributed by atoms with Gasteiger partial charge < -0.3 is 10.6 Å². The predicted octanol–water partition coefficient (Wildman–Crippen LogP) is 3.45.